The maximum Gasteiger partial charge on any atom is 0.250 e. The molecule has 3 rings (SSSR count). The maximum absolute atomic E-state index is 12.2. The van der Waals surface area contributed by atoms with Gasteiger partial charge in [-0.15, -0.1) is 21.5 Å². The fourth-order valence-corrected chi connectivity index (χ4v) is 5.15. The summed E-state index contributed by atoms with van der Waals surface area (Å²) in [4.78, 5) is 12.2. The number of hydrogen-bond acceptors (Lipinski definition) is 6. The van der Waals surface area contributed by atoms with Crippen molar-refractivity contribution in [2.75, 3.05) is 6.54 Å². The number of thiophene rings is 1. The number of nitrogens with one attached hydrogen (secondary N) is 2. The zero-order valence-electron chi connectivity index (χ0n) is 14.6. The van der Waals surface area contributed by atoms with Gasteiger partial charge in [0.1, 0.15) is 15.9 Å². The van der Waals surface area contributed by atoms with Crippen LogP contribution in [-0.4, -0.2) is 41.7 Å². The normalized spacial score (nSPS) is 15.9. The molecule has 1 atom stereocenters. The summed E-state index contributed by atoms with van der Waals surface area (Å²) in [5.74, 6) is 1.52. The van der Waals surface area contributed by atoms with Crippen molar-refractivity contribution in [1.82, 2.24) is 24.8 Å². The second kappa shape index (κ2) is 8.28. The molecule has 0 spiro atoms. The van der Waals surface area contributed by atoms with Crippen LogP contribution in [0, 0.1) is 0 Å². The molecule has 2 aromatic rings. The highest BCUT2D eigenvalue weighted by atomic mass is 32.2. The first-order valence-electron chi connectivity index (χ1n) is 8.72. The molecule has 1 aliphatic heterocycles. The van der Waals surface area contributed by atoms with Crippen molar-refractivity contribution >= 4 is 27.3 Å². The number of hydrogen-bond donors (Lipinski definition) is 2. The summed E-state index contributed by atoms with van der Waals surface area (Å²) in [6, 6.07) is 2.32. The van der Waals surface area contributed by atoms with Crippen LogP contribution >= 0.6 is 11.3 Å². The zero-order chi connectivity index (χ0) is 18.6. The van der Waals surface area contributed by atoms with Crippen molar-refractivity contribution in [2.45, 2.75) is 55.8 Å². The number of carbonyl (C=O) groups excluding carboxylic acids is 1. The summed E-state index contributed by atoms with van der Waals surface area (Å²) in [6.07, 6.45) is 4.97. The third kappa shape index (κ3) is 4.49. The minimum absolute atomic E-state index is 0.198. The van der Waals surface area contributed by atoms with E-state index in [0.717, 1.165) is 48.8 Å². The van der Waals surface area contributed by atoms with Crippen molar-refractivity contribution in [2.24, 2.45) is 0 Å². The van der Waals surface area contributed by atoms with E-state index in [0.29, 0.717) is 13.0 Å². The first-order chi connectivity index (χ1) is 12.5. The van der Waals surface area contributed by atoms with Crippen LogP contribution in [0.15, 0.2) is 21.7 Å². The van der Waals surface area contributed by atoms with Crippen LogP contribution in [0.3, 0.4) is 0 Å². The Morgan fingerprint density at radius 2 is 2.19 bits per heavy atom. The molecule has 1 aliphatic rings. The number of fused-ring (bicyclic) bond motifs is 1. The van der Waals surface area contributed by atoms with Gasteiger partial charge in [-0.3, -0.25) is 4.79 Å². The van der Waals surface area contributed by atoms with Crippen molar-refractivity contribution in [3.63, 3.8) is 0 Å². The molecule has 0 aromatic carbocycles. The minimum atomic E-state index is -3.66. The van der Waals surface area contributed by atoms with Gasteiger partial charge in [0.15, 0.2) is 0 Å². The first-order valence-corrected chi connectivity index (χ1v) is 11.1. The molecule has 1 unspecified atom stereocenters. The molecule has 0 saturated heterocycles. The molecule has 8 nitrogen and oxygen atoms in total. The summed E-state index contributed by atoms with van der Waals surface area (Å²) in [5, 5.41) is 12.9. The molecule has 2 N–H and O–H groups in total. The van der Waals surface area contributed by atoms with E-state index in [1.807, 2.05) is 0 Å². The molecule has 2 aromatic heterocycles. The lowest BCUT2D eigenvalue weighted by atomic mass is 10.2. The van der Waals surface area contributed by atoms with Crippen molar-refractivity contribution in [1.29, 1.82) is 0 Å². The van der Waals surface area contributed by atoms with Crippen LogP contribution in [0.25, 0.3) is 0 Å². The van der Waals surface area contributed by atoms with Gasteiger partial charge >= 0.3 is 0 Å². The van der Waals surface area contributed by atoms with E-state index in [1.165, 1.54) is 19.4 Å². The van der Waals surface area contributed by atoms with Gasteiger partial charge in [-0.2, -0.15) is 4.72 Å². The highest BCUT2D eigenvalue weighted by molar-refractivity contribution is 7.91. The van der Waals surface area contributed by atoms with Gasteiger partial charge < -0.3 is 9.88 Å². The van der Waals surface area contributed by atoms with E-state index in [1.54, 1.807) is 11.4 Å². The fourth-order valence-electron chi connectivity index (χ4n) is 2.94. The molecule has 3 heterocycles. The Kier molecular flexibility index (Phi) is 6.05. The molecule has 0 saturated carbocycles. The molecule has 0 aliphatic carbocycles. The third-order valence-electron chi connectivity index (χ3n) is 4.32. The predicted molar refractivity (Wildman–Crippen MR) is 98.4 cm³/mol. The number of carbonyl (C=O) groups is 1. The SMILES string of the molecule is CC(NS(=O)(=O)c1cccs1)C(=O)NCCc1nnc2n1CCCCC2. The topological polar surface area (TPSA) is 106 Å². The molecule has 0 radical (unpaired) electrons. The van der Waals surface area contributed by atoms with E-state index in [2.05, 4.69) is 24.8 Å². The van der Waals surface area contributed by atoms with Crippen LogP contribution in [0.4, 0.5) is 0 Å². The monoisotopic (exact) mass is 397 g/mol. The molecule has 26 heavy (non-hydrogen) atoms. The van der Waals surface area contributed by atoms with E-state index in [-0.39, 0.29) is 10.1 Å². The van der Waals surface area contributed by atoms with E-state index < -0.39 is 16.1 Å². The number of aryl methyl sites for hydroxylation is 1. The quantitative estimate of drug-likeness (QED) is 0.727. The van der Waals surface area contributed by atoms with Gasteiger partial charge in [-0.1, -0.05) is 12.5 Å². The number of aromatic nitrogens is 3. The molecule has 1 amide bonds. The number of nitrogens with zero attached hydrogens (tertiary/aromatic N) is 3. The summed E-state index contributed by atoms with van der Waals surface area (Å²) in [6.45, 7) is 2.84. The molecule has 0 fully saturated rings. The Hall–Kier alpha value is -1.78. The van der Waals surface area contributed by atoms with E-state index in [9.17, 15) is 13.2 Å². The molecule has 0 bridgehead atoms. The second-order valence-electron chi connectivity index (χ2n) is 6.31. The summed E-state index contributed by atoms with van der Waals surface area (Å²) in [7, 11) is -3.66. The average Bonchev–Trinajstić information content (AvgIpc) is 3.21. The Morgan fingerprint density at radius 3 is 2.96 bits per heavy atom. The maximum atomic E-state index is 12.2. The Morgan fingerprint density at radius 1 is 1.35 bits per heavy atom. The van der Waals surface area contributed by atoms with Gasteiger partial charge in [0, 0.05) is 25.9 Å². The molecular formula is C16H23N5O3S2. The number of sulfonamides is 1. The van der Waals surface area contributed by atoms with Crippen molar-refractivity contribution in [3.8, 4) is 0 Å². The lowest BCUT2D eigenvalue weighted by molar-refractivity contribution is -0.122. The minimum Gasteiger partial charge on any atom is -0.354 e. The standard InChI is InChI=1S/C16H23N5O3S2/c1-12(20-26(23,24)15-7-5-11-25-15)16(22)17-9-8-14-19-18-13-6-3-2-4-10-21(13)14/h5,7,11-12,20H,2-4,6,8-10H2,1H3,(H,17,22). The lowest BCUT2D eigenvalue weighted by Crippen LogP contribution is -2.45. The van der Waals surface area contributed by atoms with Gasteiger partial charge in [0.25, 0.3) is 10.0 Å². The van der Waals surface area contributed by atoms with E-state index in [4.69, 9.17) is 0 Å². The predicted octanol–water partition coefficient (Wildman–Crippen LogP) is 1.09. The van der Waals surface area contributed by atoms with Gasteiger partial charge in [0.05, 0.1) is 6.04 Å². The van der Waals surface area contributed by atoms with Gasteiger partial charge in [-0.05, 0) is 31.2 Å². The Balaban J connectivity index is 1.50. The van der Waals surface area contributed by atoms with Crippen LogP contribution in [0.2, 0.25) is 0 Å². The second-order valence-corrected chi connectivity index (χ2v) is 9.20. The smallest absolute Gasteiger partial charge is 0.250 e. The molecular weight excluding hydrogens is 374 g/mol. The van der Waals surface area contributed by atoms with Crippen LogP contribution in [0.5, 0.6) is 0 Å². The fraction of sp³-hybridized carbons (Fsp3) is 0.562. The third-order valence-corrected chi connectivity index (χ3v) is 7.26. The summed E-state index contributed by atoms with van der Waals surface area (Å²) < 4.78 is 29.1. The van der Waals surface area contributed by atoms with Gasteiger partial charge in [0.2, 0.25) is 5.91 Å². The van der Waals surface area contributed by atoms with E-state index >= 15 is 0 Å². The highest BCUT2D eigenvalue weighted by Crippen LogP contribution is 2.16. The summed E-state index contributed by atoms with van der Waals surface area (Å²) >= 11 is 1.11. The van der Waals surface area contributed by atoms with Crippen LogP contribution < -0.4 is 10.0 Å². The first kappa shape index (κ1) is 19.0. The Labute approximate surface area is 157 Å². The summed E-state index contributed by atoms with van der Waals surface area (Å²) in [5.41, 5.74) is 0. The van der Waals surface area contributed by atoms with Crippen molar-refractivity contribution < 1.29 is 13.2 Å². The highest BCUT2D eigenvalue weighted by Gasteiger charge is 2.22. The number of rotatable bonds is 7. The zero-order valence-corrected chi connectivity index (χ0v) is 16.3. The largest absolute Gasteiger partial charge is 0.354 e. The van der Waals surface area contributed by atoms with Crippen LogP contribution in [-0.2, 0) is 34.2 Å². The average molecular weight is 398 g/mol. The lowest BCUT2D eigenvalue weighted by Gasteiger charge is -2.14. The van der Waals surface area contributed by atoms with Crippen LogP contribution in [0.1, 0.15) is 37.8 Å². The Bertz CT molecular complexity index is 845. The van der Waals surface area contributed by atoms with Gasteiger partial charge in [-0.25, -0.2) is 8.42 Å². The number of amides is 1. The van der Waals surface area contributed by atoms with Crippen molar-refractivity contribution in [3.05, 3.63) is 29.2 Å². The molecule has 142 valence electrons. The molecule has 10 heteroatoms.